The van der Waals surface area contributed by atoms with Gasteiger partial charge in [0.15, 0.2) is 0 Å². The zero-order chi connectivity index (χ0) is 13.5. The first-order valence-corrected chi connectivity index (χ1v) is 8.48. The first-order chi connectivity index (χ1) is 8.54. The Morgan fingerprint density at radius 3 is 2.68 bits per heavy atom. The summed E-state index contributed by atoms with van der Waals surface area (Å²) >= 11 is 1.74. The first-order valence-electron chi connectivity index (χ1n) is 7.09. The number of thioether (sulfide) groups is 1. The Hall–Kier alpha value is 0.0700. The van der Waals surface area contributed by atoms with Crippen molar-refractivity contribution in [3.05, 3.63) is 0 Å². The summed E-state index contributed by atoms with van der Waals surface area (Å²) in [5.74, 6) is 2.47. The molecule has 0 spiro atoms. The minimum atomic E-state index is -0.336. The molecule has 1 aliphatic carbocycles. The zero-order valence-corrected chi connectivity index (χ0v) is 14.0. The normalized spacial score (nSPS) is 24.7. The van der Waals surface area contributed by atoms with Crippen LogP contribution in [0.1, 0.15) is 46.0 Å². The van der Waals surface area contributed by atoms with Gasteiger partial charge >= 0.3 is 0 Å². The van der Waals surface area contributed by atoms with E-state index in [9.17, 15) is 4.79 Å². The highest BCUT2D eigenvalue weighted by Gasteiger charge is 2.26. The molecule has 2 unspecified atom stereocenters. The van der Waals surface area contributed by atoms with Crippen molar-refractivity contribution in [2.45, 2.75) is 58.0 Å². The van der Waals surface area contributed by atoms with Crippen molar-refractivity contribution in [2.75, 3.05) is 12.0 Å². The van der Waals surface area contributed by atoms with E-state index in [1.807, 2.05) is 6.26 Å². The number of hydrogen-bond acceptors (Lipinski definition) is 3. The Morgan fingerprint density at radius 1 is 1.42 bits per heavy atom. The molecule has 1 fully saturated rings. The highest BCUT2D eigenvalue weighted by atomic mass is 35.5. The van der Waals surface area contributed by atoms with Crippen LogP contribution in [0.5, 0.6) is 0 Å². The fraction of sp³-hybridized carbons (Fsp3) is 0.929. The van der Waals surface area contributed by atoms with E-state index < -0.39 is 0 Å². The smallest absolute Gasteiger partial charge is 0.237 e. The van der Waals surface area contributed by atoms with Gasteiger partial charge in [0, 0.05) is 6.04 Å². The minimum Gasteiger partial charge on any atom is -0.352 e. The molecule has 1 amide bonds. The second kappa shape index (κ2) is 9.89. The number of nitrogens with two attached hydrogens (primary N) is 1. The van der Waals surface area contributed by atoms with Gasteiger partial charge in [-0.05, 0) is 43.1 Å². The average molecular weight is 309 g/mol. The lowest BCUT2D eigenvalue weighted by Crippen LogP contribution is -2.47. The summed E-state index contributed by atoms with van der Waals surface area (Å²) in [4.78, 5) is 11.9. The van der Waals surface area contributed by atoms with Crippen LogP contribution in [-0.4, -0.2) is 30.0 Å². The molecule has 0 aromatic rings. The Labute approximate surface area is 128 Å². The standard InChI is InChI=1S/C14H28N2OS.ClH/c1-10(2)11-5-4-6-12(9-11)16-14(17)13(15)7-8-18-3;/h10-13H,4-9,15H2,1-3H3,(H,16,17);1H/t11?,12?,13-;/m0./s1. The van der Waals surface area contributed by atoms with Crippen molar-refractivity contribution in [1.82, 2.24) is 5.32 Å². The van der Waals surface area contributed by atoms with E-state index in [0.29, 0.717) is 6.04 Å². The summed E-state index contributed by atoms with van der Waals surface area (Å²) in [5.41, 5.74) is 5.89. The maximum Gasteiger partial charge on any atom is 0.237 e. The molecule has 5 heteroatoms. The Balaban J connectivity index is 0.00000324. The van der Waals surface area contributed by atoms with Crippen LogP contribution in [0.2, 0.25) is 0 Å². The van der Waals surface area contributed by atoms with Crippen molar-refractivity contribution in [3.63, 3.8) is 0 Å². The van der Waals surface area contributed by atoms with Crippen molar-refractivity contribution >= 4 is 30.1 Å². The SMILES string of the molecule is CSCC[C@H](N)C(=O)NC1CCCC(C(C)C)C1.Cl. The highest BCUT2D eigenvalue weighted by Crippen LogP contribution is 2.29. The van der Waals surface area contributed by atoms with Gasteiger partial charge in [0.25, 0.3) is 0 Å². The quantitative estimate of drug-likeness (QED) is 0.793. The summed E-state index contributed by atoms with van der Waals surface area (Å²) in [7, 11) is 0. The van der Waals surface area contributed by atoms with Crippen LogP contribution in [-0.2, 0) is 4.79 Å². The predicted octanol–water partition coefficient (Wildman–Crippen LogP) is 2.82. The number of rotatable bonds is 6. The molecule has 0 radical (unpaired) electrons. The molecule has 0 aromatic heterocycles. The zero-order valence-electron chi connectivity index (χ0n) is 12.4. The van der Waals surface area contributed by atoms with E-state index in [-0.39, 0.29) is 24.4 Å². The molecule has 1 rings (SSSR count). The van der Waals surface area contributed by atoms with Gasteiger partial charge in [-0.15, -0.1) is 12.4 Å². The van der Waals surface area contributed by atoms with E-state index in [0.717, 1.165) is 36.9 Å². The van der Waals surface area contributed by atoms with E-state index in [1.165, 1.54) is 12.8 Å². The lowest BCUT2D eigenvalue weighted by atomic mass is 9.79. The van der Waals surface area contributed by atoms with Crippen molar-refractivity contribution in [3.8, 4) is 0 Å². The monoisotopic (exact) mass is 308 g/mol. The van der Waals surface area contributed by atoms with E-state index >= 15 is 0 Å². The van der Waals surface area contributed by atoms with Crippen LogP contribution in [0.3, 0.4) is 0 Å². The number of hydrogen-bond donors (Lipinski definition) is 2. The summed E-state index contributed by atoms with van der Waals surface area (Å²) in [6.45, 7) is 4.55. The predicted molar refractivity (Wildman–Crippen MR) is 86.9 cm³/mol. The van der Waals surface area contributed by atoms with E-state index in [4.69, 9.17) is 5.73 Å². The number of halogens is 1. The summed E-state index contributed by atoms with van der Waals surface area (Å²) in [6, 6.07) is 0.0101. The molecular weight excluding hydrogens is 280 g/mol. The maximum absolute atomic E-state index is 11.9. The molecule has 0 bridgehead atoms. The van der Waals surface area contributed by atoms with Crippen LogP contribution >= 0.6 is 24.2 Å². The summed E-state index contributed by atoms with van der Waals surface area (Å²) < 4.78 is 0. The van der Waals surface area contributed by atoms with Gasteiger partial charge in [0.05, 0.1) is 6.04 Å². The van der Waals surface area contributed by atoms with Crippen molar-refractivity contribution in [1.29, 1.82) is 0 Å². The average Bonchev–Trinajstić information content (AvgIpc) is 2.36. The molecule has 1 aliphatic rings. The second-order valence-electron chi connectivity index (χ2n) is 5.76. The van der Waals surface area contributed by atoms with Gasteiger partial charge in [-0.25, -0.2) is 0 Å². The Morgan fingerprint density at radius 2 is 2.11 bits per heavy atom. The van der Waals surface area contributed by atoms with E-state index in [2.05, 4.69) is 19.2 Å². The van der Waals surface area contributed by atoms with Gasteiger partial charge in [0.2, 0.25) is 5.91 Å². The molecule has 114 valence electrons. The molecule has 19 heavy (non-hydrogen) atoms. The largest absolute Gasteiger partial charge is 0.352 e. The maximum atomic E-state index is 11.9. The number of carbonyl (C=O) groups excluding carboxylic acids is 1. The van der Waals surface area contributed by atoms with Gasteiger partial charge in [-0.1, -0.05) is 26.7 Å². The fourth-order valence-electron chi connectivity index (χ4n) is 2.65. The fourth-order valence-corrected chi connectivity index (χ4v) is 3.14. The molecule has 3 N–H and O–H groups in total. The summed E-state index contributed by atoms with van der Waals surface area (Å²) in [5, 5.41) is 3.14. The number of nitrogens with one attached hydrogen (secondary N) is 1. The van der Waals surface area contributed by atoms with Crippen molar-refractivity contribution < 1.29 is 4.79 Å². The molecule has 0 aromatic carbocycles. The minimum absolute atomic E-state index is 0. The number of amides is 1. The van der Waals surface area contributed by atoms with Crippen molar-refractivity contribution in [2.24, 2.45) is 17.6 Å². The van der Waals surface area contributed by atoms with Crippen LogP contribution in [0, 0.1) is 11.8 Å². The van der Waals surface area contributed by atoms with Crippen LogP contribution in [0.4, 0.5) is 0 Å². The molecule has 3 nitrogen and oxygen atoms in total. The van der Waals surface area contributed by atoms with E-state index in [1.54, 1.807) is 11.8 Å². The van der Waals surface area contributed by atoms with Crippen LogP contribution in [0.15, 0.2) is 0 Å². The second-order valence-corrected chi connectivity index (χ2v) is 6.75. The Kier molecular flexibility index (Phi) is 9.93. The van der Waals surface area contributed by atoms with Gasteiger partial charge in [0.1, 0.15) is 0 Å². The highest BCUT2D eigenvalue weighted by molar-refractivity contribution is 7.98. The third-order valence-electron chi connectivity index (χ3n) is 3.97. The third-order valence-corrected chi connectivity index (χ3v) is 4.62. The van der Waals surface area contributed by atoms with Crippen LogP contribution in [0.25, 0.3) is 0 Å². The first kappa shape index (κ1) is 19.1. The molecule has 0 aliphatic heterocycles. The Bertz CT molecular complexity index is 264. The van der Waals surface area contributed by atoms with Crippen LogP contribution < -0.4 is 11.1 Å². The molecule has 3 atom stereocenters. The van der Waals surface area contributed by atoms with Gasteiger partial charge in [-0.3, -0.25) is 4.79 Å². The summed E-state index contributed by atoms with van der Waals surface area (Å²) in [6.07, 6.45) is 7.59. The number of carbonyl (C=O) groups is 1. The molecule has 1 saturated carbocycles. The lowest BCUT2D eigenvalue weighted by Gasteiger charge is -2.32. The lowest BCUT2D eigenvalue weighted by molar-refractivity contribution is -0.123. The third kappa shape index (κ3) is 6.87. The molecule has 0 heterocycles. The molecule has 0 saturated heterocycles. The topological polar surface area (TPSA) is 55.1 Å². The van der Waals surface area contributed by atoms with Gasteiger partial charge in [-0.2, -0.15) is 11.8 Å². The van der Waals surface area contributed by atoms with Gasteiger partial charge < -0.3 is 11.1 Å². The molecular formula is C14H29ClN2OS.